The van der Waals surface area contributed by atoms with Crippen molar-refractivity contribution in [1.29, 1.82) is 0 Å². The number of nitrogens with zero attached hydrogens (tertiary/aromatic N) is 2. The van der Waals surface area contributed by atoms with Gasteiger partial charge in [-0.25, -0.2) is 4.98 Å². The highest BCUT2D eigenvalue weighted by molar-refractivity contribution is 5.16. The molecule has 0 radical (unpaired) electrons. The number of imidazole rings is 1. The lowest BCUT2D eigenvalue weighted by atomic mass is 9.78. The average Bonchev–Trinajstić information content (AvgIpc) is 2.86. The fraction of sp³-hybridized carbons (Fsp3) is 0.800. The summed E-state index contributed by atoms with van der Waals surface area (Å²) in [5.74, 6) is 0. The van der Waals surface area contributed by atoms with Gasteiger partial charge in [-0.05, 0) is 38.8 Å². The number of rotatable bonds is 5. The Hall–Kier alpha value is -0.830. The van der Waals surface area contributed by atoms with Crippen LogP contribution < -0.4 is 5.32 Å². The van der Waals surface area contributed by atoms with Gasteiger partial charge in [-0.15, -0.1) is 0 Å². The van der Waals surface area contributed by atoms with Crippen LogP contribution in [0.1, 0.15) is 64.6 Å². The van der Waals surface area contributed by atoms with Gasteiger partial charge in [0.2, 0.25) is 0 Å². The lowest BCUT2D eigenvalue weighted by Crippen LogP contribution is -2.39. The van der Waals surface area contributed by atoms with E-state index in [9.17, 15) is 0 Å². The van der Waals surface area contributed by atoms with Crippen molar-refractivity contribution in [3.05, 3.63) is 18.2 Å². The number of aromatic nitrogens is 2. The van der Waals surface area contributed by atoms with Crippen molar-refractivity contribution in [2.24, 2.45) is 0 Å². The molecular formula is C15H27N3. The standard InChI is InChI=1S/C15H27N3/c1-4-6-13(5-2)18-12-17-11-14(18)15(3)7-9-16-10-8-15/h11-13,16H,4-10H2,1-3H3. The van der Waals surface area contributed by atoms with E-state index >= 15 is 0 Å². The molecule has 1 saturated heterocycles. The minimum absolute atomic E-state index is 0.308. The Labute approximate surface area is 111 Å². The summed E-state index contributed by atoms with van der Waals surface area (Å²) in [6.07, 6.45) is 10.3. The summed E-state index contributed by atoms with van der Waals surface area (Å²) in [6.45, 7) is 9.22. The van der Waals surface area contributed by atoms with E-state index in [0.29, 0.717) is 11.5 Å². The Balaban J connectivity index is 2.25. The summed E-state index contributed by atoms with van der Waals surface area (Å²) in [7, 11) is 0. The molecule has 1 aromatic heterocycles. The second kappa shape index (κ2) is 5.87. The van der Waals surface area contributed by atoms with Crippen LogP contribution in [0.4, 0.5) is 0 Å². The fourth-order valence-corrected chi connectivity index (χ4v) is 3.17. The van der Waals surface area contributed by atoms with E-state index in [2.05, 4.69) is 41.8 Å². The summed E-state index contributed by atoms with van der Waals surface area (Å²) >= 11 is 0. The highest BCUT2D eigenvalue weighted by Crippen LogP contribution is 2.35. The summed E-state index contributed by atoms with van der Waals surface area (Å²) in [5.41, 5.74) is 1.76. The van der Waals surface area contributed by atoms with Crippen LogP contribution in [0.25, 0.3) is 0 Å². The lowest BCUT2D eigenvalue weighted by molar-refractivity contribution is 0.302. The van der Waals surface area contributed by atoms with Gasteiger partial charge in [-0.1, -0.05) is 27.2 Å². The van der Waals surface area contributed by atoms with Gasteiger partial charge in [0.05, 0.1) is 6.33 Å². The zero-order valence-electron chi connectivity index (χ0n) is 12.1. The van der Waals surface area contributed by atoms with Crippen LogP contribution in [-0.4, -0.2) is 22.6 Å². The third-order valence-corrected chi connectivity index (χ3v) is 4.48. The first-order valence-corrected chi connectivity index (χ1v) is 7.44. The molecule has 3 nitrogen and oxygen atoms in total. The Morgan fingerprint density at radius 2 is 2.11 bits per heavy atom. The van der Waals surface area contributed by atoms with Crippen LogP contribution in [0, 0.1) is 0 Å². The van der Waals surface area contributed by atoms with Gasteiger partial charge in [0.15, 0.2) is 0 Å². The summed E-state index contributed by atoms with van der Waals surface area (Å²) < 4.78 is 2.45. The molecule has 1 atom stereocenters. The Morgan fingerprint density at radius 3 is 2.72 bits per heavy atom. The molecule has 1 aliphatic heterocycles. The molecule has 0 spiro atoms. The average molecular weight is 249 g/mol. The minimum Gasteiger partial charge on any atom is -0.331 e. The van der Waals surface area contributed by atoms with Crippen LogP contribution in [0.3, 0.4) is 0 Å². The van der Waals surface area contributed by atoms with Gasteiger partial charge < -0.3 is 9.88 Å². The van der Waals surface area contributed by atoms with E-state index in [-0.39, 0.29) is 0 Å². The maximum absolute atomic E-state index is 4.44. The molecule has 0 aliphatic carbocycles. The van der Waals surface area contributed by atoms with E-state index in [1.165, 1.54) is 37.8 Å². The SMILES string of the molecule is CCCC(CC)n1cncc1C1(C)CCNCC1. The molecule has 0 amide bonds. The van der Waals surface area contributed by atoms with Crippen LogP contribution >= 0.6 is 0 Å². The predicted molar refractivity (Wildman–Crippen MR) is 75.9 cm³/mol. The normalized spacial score (nSPS) is 20.8. The number of hydrogen-bond acceptors (Lipinski definition) is 2. The van der Waals surface area contributed by atoms with Crippen LogP contribution in [0.15, 0.2) is 12.5 Å². The molecule has 0 bridgehead atoms. The van der Waals surface area contributed by atoms with Crippen molar-refractivity contribution in [3.63, 3.8) is 0 Å². The molecule has 18 heavy (non-hydrogen) atoms. The van der Waals surface area contributed by atoms with Crippen molar-refractivity contribution < 1.29 is 0 Å². The minimum atomic E-state index is 0.308. The first kappa shape index (κ1) is 13.6. The van der Waals surface area contributed by atoms with Crippen molar-refractivity contribution in [2.45, 2.75) is 64.3 Å². The van der Waals surface area contributed by atoms with Crippen LogP contribution in [-0.2, 0) is 5.41 Å². The van der Waals surface area contributed by atoms with Gasteiger partial charge in [-0.3, -0.25) is 0 Å². The Morgan fingerprint density at radius 1 is 1.39 bits per heavy atom. The molecule has 1 aliphatic rings. The zero-order valence-corrected chi connectivity index (χ0v) is 12.1. The maximum atomic E-state index is 4.44. The highest BCUT2D eigenvalue weighted by Gasteiger charge is 2.32. The van der Waals surface area contributed by atoms with E-state index < -0.39 is 0 Å². The van der Waals surface area contributed by atoms with Crippen LogP contribution in [0.5, 0.6) is 0 Å². The second-order valence-corrected chi connectivity index (χ2v) is 5.85. The number of nitrogens with one attached hydrogen (secondary N) is 1. The lowest BCUT2D eigenvalue weighted by Gasteiger charge is -2.36. The molecule has 102 valence electrons. The monoisotopic (exact) mass is 249 g/mol. The van der Waals surface area contributed by atoms with Gasteiger partial charge in [-0.2, -0.15) is 0 Å². The van der Waals surface area contributed by atoms with Crippen molar-refractivity contribution in [2.75, 3.05) is 13.1 Å². The molecule has 3 heteroatoms. The predicted octanol–water partition coefficient (Wildman–Crippen LogP) is 3.28. The Bertz CT molecular complexity index is 364. The largest absolute Gasteiger partial charge is 0.331 e. The van der Waals surface area contributed by atoms with Crippen molar-refractivity contribution >= 4 is 0 Å². The number of piperidine rings is 1. The molecular weight excluding hydrogens is 222 g/mol. The van der Waals surface area contributed by atoms with Gasteiger partial charge in [0.25, 0.3) is 0 Å². The molecule has 0 aromatic carbocycles. The third kappa shape index (κ3) is 2.61. The van der Waals surface area contributed by atoms with Crippen LogP contribution in [0.2, 0.25) is 0 Å². The van der Waals surface area contributed by atoms with Gasteiger partial charge in [0, 0.05) is 23.3 Å². The molecule has 1 fully saturated rings. The molecule has 0 saturated carbocycles. The van der Waals surface area contributed by atoms with E-state index in [1.807, 2.05) is 6.33 Å². The summed E-state index contributed by atoms with van der Waals surface area (Å²) in [5, 5.41) is 3.46. The topological polar surface area (TPSA) is 29.9 Å². The molecule has 1 aromatic rings. The van der Waals surface area contributed by atoms with Gasteiger partial charge >= 0.3 is 0 Å². The molecule has 1 unspecified atom stereocenters. The smallest absolute Gasteiger partial charge is 0.0950 e. The molecule has 1 N–H and O–H groups in total. The summed E-state index contributed by atoms with van der Waals surface area (Å²) in [4.78, 5) is 4.44. The molecule has 2 heterocycles. The summed E-state index contributed by atoms with van der Waals surface area (Å²) in [6, 6.07) is 0.624. The fourth-order valence-electron chi connectivity index (χ4n) is 3.17. The van der Waals surface area contributed by atoms with Crippen molar-refractivity contribution in [1.82, 2.24) is 14.9 Å². The maximum Gasteiger partial charge on any atom is 0.0950 e. The molecule has 2 rings (SSSR count). The zero-order chi connectivity index (χ0) is 13.0. The first-order chi connectivity index (χ1) is 8.71. The quantitative estimate of drug-likeness (QED) is 0.868. The Kier molecular flexibility index (Phi) is 4.44. The second-order valence-electron chi connectivity index (χ2n) is 5.85. The van der Waals surface area contributed by atoms with Crippen molar-refractivity contribution in [3.8, 4) is 0 Å². The highest BCUT2D eigenvalue weighted by atomic mass is 15.1. The van der Waals surface area contributed by atoms with Gasteiger partial charge in [0.1, 0.15) is 0 Å². The first-order valence-electron chi connectivity index (χ1n) is 7.44. The number of hydrogen-bond donors (Lipinski definition) is 1. The van der Waals surface area contributed by atoms with E-state index in [4.69, 9.17) is 0 Å². The van der Waals surface area contributed by atoms with E-state index in [0.717, 1.165) is 13.1 Å². The van der Waals surface area contributed by atoms with E-state index in [1.54, 1.807) is 0 Å². The third-order valence-electron chi connectivity index (χ3n) is 4.48.